The lowest BCUT2D eigenvalue weighted by Crippen LogP contribution is -2.36. The van der Waals surface area contributed by atoms with Gasteiger partial charge in [-0.1, -0.05) is 12.1 Å². The number of nitrogens with one attached hydrogen (secondary N) is 1. The van der Waals surface area contributed by atoms with Crippen molar-refractivity contribution in [3.63, 3.8) is 0 Å². The number of nitrogens with two attached hydrogens (primary N) is 2. The zero-order chi connectivity index (χ0) is 19.0. The molecular formula is C19H18N6O2. The highest BCUT2D eigenvalue weighted by Crippen LogP contribution is 2.24. The van der Waals surface area contributed by atoms with Crippen molar-refractivity contribution >= 4 is 17.6 Å². The maximum atomic E-state index is 12.7. The Morgan fingerprint density at radius 3 is 2.48 bits per heavy atom. The maximum Gasteiger partial charge on any atom is 0.255 e. The molecule has 136 valence electrons. The first-order valence-electron chi connectivity index (χ1n) is 8.50. The smallest absolute Gasteiger partial charge is 0.255 e. The predicted octanol–water partition coefficient (Wildman–Crippen LogP) is 1.35. The van der Waals surface area contributed by atoms with Gasteiger partial charge in [0.05, 0.1) is 23.5 Å². The SMILES string of the molecule is NC(=O)c1ccc(-c2nc3c([nH]2)CN(C(=O)c2ccc(N)nc2)CC3)cc1. The second-order valence-corrected chi connectivity index (χ2v) is 6.40. The van der Waals surface area contributed by atoms with Crippen molar-refractivity contribution in [1.82, 2.24) is 19.9 Å². The largest absolute Gasteiger partial charge is 0.384 e. The Kier molecular flexibility index (Phi) is 4.08. The van der Waals surface area contributed by atoms with Crippen molar-refractivity contribution in [3.05, 3.63) is 65.1 Å². The number of pyridine rings is 1. The van der Waals surface area contributed by atoms with Gasteiger partial charge in [0, 0.05) is 30.3 Å². The summed E-state index contributed by atoms with van der Waals surface area (Å²) in [6.07, 6.45) is 2.16. The summed E-state index contributed by atoms with van der Waals surface area (Å²) in [6.45, 7) is 1.03. The average Bonchev–Trinajstić information content (AvgIpc) is 3.11. The number of carbonyl (C=O) groups is 2. The number of carbonyl (C=O) groups excluding carboxylic acids is 2. The summed E-state index contributed by atoms with van der Waals surface area (Å²) < 4.78 is 0. The molecular weight excluding hydrogens is 344 g/mol. The monoisotopic (exact) mass is 362 g/mol. The third kappa shape index (κ3) is 3.24. The molecule has 0 bridgehead atoms. The molecule has 0 saturated carbocycles. The number of nitrogen functional groups attached to an aromatic ring is 1. The molecule has 8 nitrogen and oxygen atoms in total. The van der Waals surface area contributed by atoms with E-state index >= 15 is 0 Å². The molecule has 27 heavy (non-hydrogen) atoms. The van der Waals surface area contributed by atoms with Crippen LogP contribution in [0.25, 0.3) is 11.4 Å². The third-order valence-electron chi connectivity index (χ3n) is 4.60. The Hall–Kier alpha value is -3.68. The Morgan fingerprint density at radius 2 is 1.81 bits per heavy atom. The van der Waals surface area contributed by atoms with Crippen LogP contribution in [-0.2, 0) is 13.0 Å². The van der Waals surface area contributed by atoms with Gasteiger partial charge < -0.3 is 21.4 Å². The minimum atomic E-state index is -0.466. The van der Waals surface area contributed by atoms with Crippen molar-refractivity contribution < 1.29 is 9.59 Å². The van der Waals surface area contributed by atoms with E-state index in [9.17, 15) is 9.59 Å². The number of primary amides is 1. The van der Waals surface area contributed by atoms with E-state index in [1.807, 2.05) is 0 Å². The van der Waals surface area contributed by atoms with E-state index in [1.165, 1.54) is 6.20 Å². The van der Waals surface area contributed by atoms with Gasteiger partial charge >= 0.3 is 0 Å². The molecule has 0 radical (unpaired) electrons. The number of hydrogen-bond acceptors (Lipinski definition) is 5. The quantitative estimate of drug-likeness (QED) is 0.647. The molecule has 8 heteroatoms. The van der Waals surface area contributed by atoms with Crippen molar-refractivity contribution in [3.8, 4) is 11.4 Å². The predicted molar refractivity (Wildman–Crippen MR) is 99.6 cm³/mol. The zero-order valence-corrected chi connectivity index (χ0v) is 14.5. The topological polar surface area (TPSA) is 131 Å². The number of amides is 2. The van der Waals surface area contributed by atoms with Crippen molar-refractivity contribution in [2.24, 2.45) is 5.73 Å². The van der Waals surface area contributed by atoms with Crippen LogP contribution >= 0.6 is 0 Å². The Morgan fingerprint density at radius 1 is 1.07 bits per heavy atom. The second kappa shape index (κ2) is 6.56. The average molecular weight is 362 g/mol. The number of imidazole rings is 1. The molecule has 0 spiro atoms. The van der Waals surface area contributed by atoms with Gasteiger partial charge in [-0.25, -0.2) is 9.97 Å². The van der Waals surface area contributed by atoms with Crippen molar-refractivity contribution in [2.75, 3.05) is 12.3 Å². The molecule has 1 aromatic carbocycles. The summed E-state index contributed by atoms with van der Waals surface area (Å²) in [5, 5.41) is 0. The molecule has 2 aromatic heterocycles. The van der Waals surface area contributed by atoms with Crippen LogP contribution in [0.1, 0.15) is 32.1 Å². The number of nitrogens with zero attached hydrogens (tertiary/aromatic N) is 3. The molecule has 3 heterocycles. The van der Waals surface area contributed by atoms with Crippen LogP contribution in [0, 0.1) is 0 Å². The normalized spacial score (nSPS) is 13.3. The van der Waals surface area contributed by atoms with E-state index in [4.69, 9.17) is 11.5 Å². The Labute approximate surface area is 155 Å². The summed E-state index contributed by atoms with van der Waals surface area (Å²) >= 11 is 0. The Bertz CT molecular complexity index is 1010. The van der Waals surface area contributed by atoms with Crippen LogP contribution in [-0.4, -0.2) is 38.2 Å². The first-order chi connectivity index (χ1) is 13.0. The van der Waals surface area contributed by atoms with Crippen LogP contribution in [0.3, 0.4) is 0 Å². The molecule has 1 aliphatic heterocycles. The highest BCUT2D eigenvalue weighted by Gasteiger charge is 2.25. The zero-order valence-electron chi connectivity index (χ0n) is 14.5. The summed E-state index contributed by atoms with van der Waals surface area (Å²) in [5.41, 5.74) is 14.5. The van der Waals surface area contributed by atoms with Gasteiger partial charge in [0.2, 0.25) is 5.91 Å². The number of fused-ring (bicyclic) bond motifs is 1. The van der Waals surface area contributed by atoms with Gasteiger partial charge in [0.25, 0.3) is 5.91 Å². The van der Waals surface area contributed by atoms with Crippen LogP contribution in [0.5, 0.6) is 0 Å². The van der Waals surface area contributed by atoms with Crippen LogP contribution in [0.2, 0.25) is 0 Å². The van der Waals surface area contributed by atoms with E-state index in [0.29, 0.717) is 42.3 Å². The molecule has 0 unspecified atom stereocenters. The van der Waals surface area contributed by atoms with Crippen LogP contribution in [0.4, 0.5) is 5.82 Å². The van der Waals surface area contributed by atoms with Gasteiger partial charge in [0.1, 0.15) is 11.6 Å². The molecule has 0 fully saturated rings. The molecule has 5 N–H and O–H groups in total. The highest BCUT2D eigenvalue weighted by molar-refractivity contribution is 5.94. The number of aromatic amines is 1. The first-order valence-corrected chi connectivity index (χ1v) is 8.50. The molecule has 0 saturated heterocycles. The molecule has 0 aliphatic carbocycles. The first kappa shape index (κ1) is 16.8. The molecule has 1 aliphatic rings. The lowest BCUT2D eigenvalue weighted by Gasteiger charge is -2.26. The minimum absolute atomic E-state index is 0.0879. The van der Waals surface area contributed by atoms with Gasteiger partial charge in [-0.05, 0) is 24.3 Å². The second-order valence-electron chi connectivity index (χ2n) is 6.40. The fraction of sp³-hybridized carbons (Fsp3) is 0.158. The van der Waals surface area contributed by atoms with E-state index in [1.54, 1.807) is 41.3 Å². The van der Waals surface area contributed by atoms with Gasteiger partial charge in [-0.2, -0.15) is 0 Å². The number of benzene rings is 1. The molecule has 0 atom stereocenters. The van der Waals surface area contributed by atoms with Crippen LogP contribution in [0.15, 0.2) is 42.6 Å². The third-order valence-corrected chi connectivity index (χ3v) is 4.60. The molecule has 4 rings (SSSR count). The fourth-order valence-electron chi connectivity index (χ4n) is 3.11. The van der Waals surface area contributed by atoms with Gasteiger partial charge in [-0.3, -0.25) is 9.59 Å². The summed E-state index contributed by atoms with van der Waals surface area (Å²) in [7, 11) is 0. The summed E-state index contributed by atoms with van der Waals surface area (Å²) in [4.78, 5) is 37.5. The van der Waals surface area contributed by atoms with Gasteiger partial charge in [0.15, 0.2) is 0 Å². The summed E-state index contributed by atoms with van der Waals surface area (Å²) in [6, 6.07) is 10.2. The lowest BCUT2D eigenvalue weighted by molar-refractivity contribution is 0.0731. The number of rotatable bonds is 3. The number of hydrogen-bond donors (Lipinski definition) is 3. The number of H-pyrrole nitrogens is 1. The number of aromatic nitrogens is 3. The number of anilines is 1. The van der Waals surface area contributed by atoms with E-state index in [2.05, 4.69) is 15.0 Å². The van der Waals surface area contributed by atoms with E-state index in [-0.39, 0.29) is 5.91 Å². The highest BCUT2D eigenvalue weighted by atomic mass is 16.2. The van der Waals surface area contributed by atoms with Crippen molar-refractivity contribution in [1.29, 1.82) is 0 Å². The van der Waals surface area contributed by atoms with Crippen molar-refractivity contribution in [2.45, 2.75) is 13.0 Å². The molecule has 3 aromatic rings. The fourth-order valence-corrected chi connectivity index (χ4v) is 3.11. The maximum absolute atomic E-state index is 12.7. The minimum Gasteiger partial charge on any atom is -0.384 e. The van der Waals surface area contributed by atoms with Gasteiger partial charge in [-0.15, -0.1) is 0 Å². The summed E-state index contributed by atoms with van der Waals surface area (Å²) in [5.74, 6) is 0.536. The standard InChI is InChI=1S/C19H18N6O2/c20-16-6-5-13(9-22-16)19(27)25-8-7-14-15(10-25)24-18(23-14)12-3-1-11(2-4-12)17(21)26/h1-6,9H,7-8,10H2,(H2,20,22)(H2,21,26)(H,23,24). The van der Waals surface area contributed by atoms with Crippen LogP contribution < -0.4 is 11.5 Å². The molecule has 2 amide bonds. The lowest BCUT2D eigenvalue weighted by atomic mass is 10.1. The Balaban J connectivity index is 1.54. The van der Waals surface area contributed by atoms with E-state index in [0.717, 1.165) is 17.0 Å². The van der Waals surface area contributed by atoms with E-state index < -0.39 is 5.91 Å².